The molecule has 0 unspecified atom stereocenters. The van der Waals surface area contributed by atoms with E-state index in [4.69, 9.17) is 0 Å². The van der Waals surface area contributed by atoms with E-state index in [0.717, 1.165) is 12.1 Å². The zero-order valence-corrected chi connectivity index (χ0v) is 9.58. The molecular weight excluding hydrogens is 318 g/mol. The molecule has 0 aliphatic heterocycles. The van der Waals surface area contributed by atoms with E-state index in [2.05, 4.69) is 20.7 Å². The first-order chi connectivity index (χ1) is 7.63. The first kappa shape index (κ1) is 14.1. The largest absolute Gasteiger partial charge is 0.487 e. The quantitative estimate of drug-likeness (QED) is 0.759. The molecule has 0 bridgehead atoms. The maximum absolute atomic E-state index is 12.9. The van der Waals surface area contributed by atoms with Gasteiger partial charge in [0.25, 0.3) is 0 Å². The fourth-order valence-corrected chi connectivity index (χ4v) is 1.07. The topological polar surface area (TPSA) is 9.23 Å². The highest BCUT2D eigenvalue weighted by atomic mass is 79.9. The molecule has 0 aliphatic carbocycles. The number of hydrogen-bond acceptors (Lipinski definition) is 1. The van der Waals surface area contributed by atoms with Gasteiger partial charge in [-0.2, -0.15) is 22.0 Å². The summed E-state index contributed by atoms with van der Waals surface area (Å²) >= 11 is 2.79. The van der Waals surface area contributed by atoms with Gasteiger partial charge in [-0.25, -0.2) is 4.39 Å². The molecule has 0 saturated heterocycles. The maximum Gasteiger partial charge on any atom is 0.456 e. The fraction of sp³-hybridized carbons (Fsp3) is 0.333. The monoisotopic (exact) mass is 322 g/mol. The van der Waals surface area contributed by atoms with Crippen LogP contribution in [0.3, 0.4) is 0 Å². The first-order valence-corrected chi connectivity index (χ1v) is 4.95. The van der Waals surface area contributed by atoms with Crippen molar-refractivity contribution in [2.45, 2.75) is 12.1 Å². The summed E-state index contributed by atoms with van der Waals surface area (Å²) in [5.74, 6) is -6.20. The molecule has 1 aromatic rings. The number of alkyl halides is 5. The smallest absolute Gasteiger partial charge is 0.456 e. The number of ether oxygens (including phenoxy) is 1. The van der Waals surface area contributed by atoms with E-state index < -0.39 is 30.3 Å². The highest BCUT2D eigenvalue weighted by molar-refractivity contribution is 9.10. The average molecular weight is 323 g/mol. The van der Waals surface area contributed by atoms with Crippen molar-refractivity contribution in [2.24, 2.45) is 0 Å². The summed E-state index contributed by atoms with van der Waals surface area (Å²) in [5, 5.41) is 0. The maximum atomic E-state index is 12.9. The number of benzene rings is 1. The molecule has 0 saturated carbocycles. The molecule has 1 aromatic carbocycles. The Kier molecular flexibility index (Phi) is 3.95. The van der Waals surface area contributed by atoms with Crippen molar-refractivity contribution in [3.05, 3.63) is 28.5 Å². The minimum Gasteiger partial charge on any atom is -0.487 e. The van der Waals surface area contributed by atoms with Crippen LogP contribution in [0.1, 0.15) is 0 Å². The third-order valence-electron chi connectivity index (χ3n) is 1.73. The van der Waals surface area contributed by atoms with Gasteiger partial charge in [0.05, 0.1) is 4.47 Å². The van der Waals surface area contributed by atoms with Crippen molar-refractivity contribution in [1.82, 2.24) is 0 Å². The van der Waals surface area contributed by atoms with Crippen molar-refractivity contribution in [3.8, 4) is 5.75 Å². The lowest BCUT2D eigenvalue weighted by atomic mass is 10.3. The Morgan fingerprint density at radius 3 is 2.18 bits per heavy atom. The average Bonchev–Trinajstić information content (AvgIpc) is 2.18. The molecule has 0 aromatic heterocycles. The normalized spacial score (nSPS) is 12.6. The second-order valence-electron chi connectivity index (χ2n) is 3.07. The Morgan fingerprint density at radius 1 is 1.12 bits per heavy atom. The summed E-state index contributed by atoms with van der Waals surface area (Å²) in [7, 11) is 0. The molecule has 0 aliphatic rings. The van der Waals surface area contributed by atoms with Crippen molar-refractivity contribution >= 4 is 15.9 Å². The lowest BCUT2D eigenvalue weighted by Crippen LogP contribution is -2.41. The van der Waals surface area contributed by atoms with E-state index in [0.29, 0.717) is 6.07 Å². The van der Waals surface area contributed by atoms with Crippen molar-refractivity contribution in [1.29, 1.82) is 0 Å². The Balaban J connectivity index is 2.71. The fourth-order valence-electron chi connectivity index (χ4n) is 0.822. The third-order valence-corrected chi connectivity index (χ3v) is 2.37. The van der Waals surface area contributed by atoms with Gasteiger partial charge in [0, 0.05) is 6.07 Å². The van der Waals surface area contributed by atoms with Crippen molar-refractivity contribution in [3.63, 3.8) is 0 Å². The van der Waals surface area contributed by atoms with E-state index in [-0.39, 0.29) is 4.47 Å². The van der Waals surface area contributed by atoms with Gasteiger partial charge in [-0.05, 0) is 28.1 Å². The number of halogens is 7. The molecule has 0 amide bonds. The summed E-state index contributed by atoms with van der Waals surface area (Å²) < 4.78 is 77.3. The van der Waals surface area contributed by atoms with Gasteiger partial charge in [-0.1, -0.05) is 0 Å². The van der Waals surface area contributed by atoms with Crippen LogP contribution in [0.25, 0.3) is 0 Å². The Bertz CT molecular complexity index is 403. The second kappa shape index (κ2) is 4.75. The lowest BCUT2D eigenvalue weighted by molar-refractivity contribution is -0.290. The van der Waals surface area contributed by atoms with Gasteiger partial charge >= 0.3 is 12.1 Å². The van der Waals surface area contributed by atoms with Gasteiger partial charge in [-0.3, -0.25) is 0 Å². The van der Waals surface area contributed by atoms with Gasteiger partial charge in [0.2, 0.25) is 0 Å². The van der Waals surface area contributed by atoms with Crippen LogP contribution >= 0.6 is 15.9 Å². The molecular formula is C9H5BrF6O. The van der Waals surface area contributed by atoms with Crippen LogP contribution in [0.15, 0.2) is 22.7 Å². The standard InChI is InChI=1S/C9H5BrF6O/c10-6-2-1-5(3-7(6)11)17-4-8(12,13)9(14,15)16/h1-3H,4H2. The summed E-state index contributed by atoms with van der Waals surface area (Å²) in [6.07, 6.45) is -5.69. The third kappa shape index (κ3) is 3.52. The minimum absolute atomic E-state index is 0.0485. The molecule has 17 heavy (non-hydrogen) atoms. The van der Waals surface area contributed by atoms with E-state index in [1.165, 1.54) is 0 Å². The Labute approximate surface area is 101 Å². The SMILES string of the molecule is Fc1cc(OCC(F)(F)C(F)(F)F)ccc1Br. The molecule has 0 atom stereocenters. The van der Waals surface area contributed by atoms with Crippen molar-refractivity contribution < 1.29 is 31.1 Å². The predicted molar refractivity (Wildman–Crippen MR) is 50.6 cm³/mol. The van der Waals surface area contributed by atoms with Crippen molar-refractivity contribution in [2.75, 3.05) is 6.61 Å². The summed E-state index contributed by atoms with van der Waals surface area (Å²) in [6, 6.07) is 2.91. The van der Waals surface area contributed by atoms with E-state index in [1.807, 2.05) is 0 Å². The van der Waals surface area contributed by atoms with Crippen LogP contribution in [-0.4, -0.2) is 18.7 Å². The van der Waals surface area contributed by atoms with Gasteiger partial charge in [0.1, 0.15) is 11.6 Å². The van der Waals surface area contributed by atoms with Crippen LogP contribution in [-0.2, 0) is 0 Å². The lowest BCUT2D eigenvalue weighted by Gasteiger charge is -2.19. The molecule has 0 heterocycles. The zero-order chi connectivity index (χ0) is 13.3. The van der Waals surface area contributed by atoms with Crippen LogP contribution in [0.4, 0.5) is 26.3 Å². The summed E-state index contributed by atoms with van der Waals surface area (Å²) in [6.45, 7) is -1.89. The summed E-state index contributed by atoms with van der Waals surface area (Å²) in [5.41, 5.74) is 0. The summed E-state index contributed by atoms with van der Waals surface area (Å²) in [4.78, 5) is 0. The predicted octanol–water partition coefficient (Wildman–Crippen LogP) is 4.16. The number of hydrogen-bond donors (Lipinski definition) is 0. The van der Waals surface area contributed by atoms with Gasteiger partial charge < -0.3 is 4.74 Å². The van der Waals surface area contributed by atoms with Crippen LogP contribution in [0.5, 0.6) is 5.75 Å². The molecule has 1 rings (SSSR count). The highest BCUT2D eigenvalue weighted by Gasteiger charge is 2.58. The molecule has 8 heteroatoms. The van der Waals surface area contributed by atoms with Crippen LogP contribution in [0, 0.1) is 5.82 Å². The second-order valence-corrected chi connectivity index (χ2v) is 3.92. The van der Waals surface area contributed by atoms with Gasteiger partial charge in [0.15, 0.2) is 6.61 Å². The Morgan fingerprint density at radius 2 is 1.71 bits per heavy atom. The molecule has 96 valence electrons. The molecule has 0 radical (unpaired) electrons. The molecule has 0 fully saturated rings. The van der Waals surface area contributed by atoms with Crippen LogP contribution < -0.4 is 4.74 Å². The molecule has 0 N–H and O–H groups in total. The highest BCUT2D eigenvalue weighted by Crippen LogP contribution is 2.35. The zero-order valence-electron chi connectivity index (χ0n) is 7.99. The molecule has 0 spiro atoms. The van der Waals surface area contributed by atoms with E-state index in [9.17, 15) is 26.3 Å². The van der Waals surface area contributed by atoms with Crippen LogP contribution in [0.2, 0.25) is 0 Å². The number of rotatable bonds is 3. The van der Waals surface area contributed by atoms with E-state index in [1.54, 1.807) is 0 Å². The Hall–Kier alpha value is -0.920. The minimum atomic E-state index is -5.69. The molecule has 1 nitrogen and oxygen atoms in total. The first-order valence-electron chi connectivity index (χ1n) is 4.16. The van der Waals surface area contributed by atoms with Gasteiger partial charge in [-0.15, -0.1) is 0 Å². The van der Waals surface area contributed by atoms with E-state index >= 15 is 0 Å².